The number of methoxy groups -OCH3 is 1. The van der Waals surface area contributed by atoms with Crippen LogP contribution in [0.4, 0.5) is 0 Å². The zero-order valence-corrected chi connectivity index (χ0v) is 67.1. The van der Waals surface area contributed by atoms with E-state index in [0.717, 1.165) is 0 Å². The molecule has 0 saturated heterocycles. The molecule has 12 spiro atoms. The zero-order valence-electron chi connectivity index (χ0n) is 67.1. The highest BCUT2D eigenvalue weighted by Crippen LogP contribution is 3.15. The lowest BCUT2D eigenvalue weighted by Gasteiger charge is -2.52. The highest BCUT2D eigenvalue weighted by Gasteiger charge is 3.17. The van der Waals surface area contributed by atoms with Gasteiger partial charge in [0.05, 0.1) is 127 Å². The molecular formula is C98H55N3O22. The molecule has 5 saturated carbocycles. The number of esters is 11. The number of carbonyl (C=O) groups excluding carboxylic acids is 11. The molecule has 0 amide bonds. The zero-order chi connectivity index (χ0) is 82.1. The molecule has 8 aromatic rings. The molecular weight excluding hydrogens is 1570 g/mol. The molecule has 25 heteroatoms. The second-order valence-corrected chi connectivity index (χ2v) is 39.2. The molecule has 25 nitrogen and oxygen atoms in total. The average Bonchev–Trinajstić information content (AvgIpc) is 1.31. The van der Waals surface area contributed by atoms with Gasteiger partial charge in [-0.3, -0.25) is 52.7 Å². The highest BCUT2D eigenvalue weighted by molar-refractivity contribution is 6.45. The van der Waals surface area contributed by atoms with Gasteiger partial charge < -0.3 is 52.1 Å². The van der Waals surface area contributed by atoms with E-state index in [1.807, 2.05) is 0 Å². The number of nitrogens with zero attached hydrogens (tertiary/aromatic N) is 3. The number of rotatable bonds is 22. The topological polar surface area (TPSA) is 317 Å². The van der Waals surface area contributed by atoms with Gasteiger partial charge in [0.1, 0.15) is 12.1 Å². The predicted molar refractivity (Wildman–Crippen MR) is 411 cm³/mol. The van der Waals surface area contributed by atoms with Crippen LogP contribution in [-0.2, 0) is 170 Å². The van der Waals surface area contributed by atoms with E-state index in [4.69, 9.17) is 62.4 Å². The fourth-order valence-electron chi connectivity index (χ4n) is 40.5. The fourth-order valence-corrected chi connectivity index (χ4v) is 40.5. The molecule has 30 aliphatic rings. The van der Waals surface area contributed by atoms with Crippen molar-refractivity contribution >= 4 is 65.7 Å². The van der Waals surface area contributed by atoms with E-state index < -0.39 is 165 Å². The van der Waals surface area contributed by atoms with Crippen molar-refractivity contribution in [2.24, 2.45) is 37.4 Å². The summed E-state index contributed by atoms with van der Waals surface area (Å²) in [6, 6.07) is 0. The number of benzene rings is 8. The minimum absolute atomic E-state index is 0.220. The lowest BCUT2D eigenvalue weighted by molar-refractivity contribution is -0.167. The first-order valence-corrected chi connectivity index (χ1v) is 43.9. The average molecular weight is 1630 g/mol. The van der Waals surface area contributed by atoms with E-state index >= 15 is 52.7 Å². The van der Waals surface area contributed by atoms with E-state index in [2.05, 4.69) is 0 Å². The first-order chi connectivity index (χ1) is 59.8. The number of hydrogen-bond donors (Lipinski definition) is 0. The van der Waals surface area contributed by atoms with Crippen molar-refractivity contribution in [3.8, 4) is 134 Å². The molecule has 1 heterocycles. The standard InChI is InChI=1S/C98H55N3O22/c1-12-114-72(103)92(73(104)115-13-2)82-48-24-26-50-30-31-51(83(50,82)92)27-25-49(82)29-28(48)56-32-36-60-40-41-61-37-33(57(29)87(61)86(56,60)95(87,78(109)120-18-7)79(110)121-19-8)53(25)85-55(27)35-39-65-45-43(63(37)91(65,85)94(85,76(107)118-16-5)77(108)119-17-6)69(41)97-68(40)42-44-64-38-34(54(26)84(52(24)32)90(64,62(36)42)93(84,74(105)116-14-3)75(106)117-15-4)58(30)88-66(38)46-47(71(45)98(97,70(44)46)101(100-99-97)22-23(102)113-11)67(39)89(88,59(31)35)96(88,80(111)122-20-9)81(112)123-21-10/h12-22H2,1-11H3. The van der Waals surface area contributed by atoms with Gasteiger partial charge in [-0.2, -0.15) is 5.11 Å². The van der Waals surface area contributed by atoms with Crippen LogP contribution in [0.15, 0.2) is 10.3 Å². The SMILES string of the molecule is CCOC(=O)C1(C(=O)OCC)C23c4c5c6c7c8c4-c4c2c2c9c%10c4C4%11c%12c%13c%14c%15c(c%12-%10)C%10%12c%16c-%15c%15c%17c%18c%16-c%16c%19c%20c(c-2c%16C9%10C%12(C(=O)OCC)C(=O)OCC)C13c1c-5c2c3c(c1-%20)C1(c5c-3c3c9c(c5-%17)C%155C(C(=O)OCC)(C(=O)OCC)C%145c5c-9c(c-7c(c5-%13)C84C%11(C(=O)OCC)C(=O)OCC)C34N(CC(=O)OC)N=NC624)C(C(=O)OCC)(C(=O)OCC)C%19%181. The minimum atomic E-state index is -2.55. The Morgan fingerprint density at radius 1 is 0.220 bits per heavy atom. The van der Waals surface area contributed by atoms with Gasteiger partial charge in [-0.15, -0.1) is 0 Å². The Balaban J connectivity index is 0.929. The third-order valence-electron chi connectivity index (χ3n) is 39.6. The van der Waals surface area contributed by atoms with Crippen molar-refractivity contribution in [2.45, 2.75) is 134 Å². The molecule has 0 aromatic heterocycles. The molecule has 594 valence electrons. The molecule has 1 aliphatic heterocycles. The number of hydrogen-bond acceptors (Lipinski definition) is 25. The summed E-state index contributed by atoms with van der Waals surface area (Å²) in [5, 5.41) is 13.6. The molecule has 8 aromatic carbocycles. The summed E-state index contributed by atoms with van der Waals surface area (Å²) in [4.78, 5) is 198. The molecule has 8 unspecified atom stereocenters. The Kier molecular flexibility index (Phi) is 7.47. The Morgan fingerprint density at radius 2 is 0.358 bits per heavy atom. The summed E-state index contributed by atoms with van der Waals surface area (Å²) >= 11 is 0. The highest BCUT2D eigenvalue weighted by atomic mass is 16.6. The summed E-state index contributed by atoms with van der Waals surface area (Å²) < 4.78 is 75.1. The maximum atomic E-state index is 18.3. The second-order valence-electron chi connectivity index (χ2n) is 39.2. The summed E-state index contributed by atoms with van der Waals surface area (Å²) in [5.41, 5.74) is -11.4. The number of carbonyl (C=O) groups is 11. The first kappa shape index (κ1) is 61.6. The van der Waals surface area contributed by atoms with Gasteiger partial charge >= 0.3 is 65.7 Å². The summed E-state index contributed by atoms with van der Waals surface area (Å²) in [6.45, 7) is 14.3. The first-order valence-electron chi connectivity index (χ1n) is 43.9. The van der Waals surface area contributed by atoms with Crippen LogP contribution in [0, 0.1) is 27.1 Å². The van der Waals surface area contributed by atoms with E-state index in [1.165, 1.54) is 7.11 Å². The summed E-state index contributed by atoms with van der Waals surface area (Å²) in [6.07, 6.45) is 0. The van der Waals surface area contributed by atoms with Crippen LogP contribution in [0.25, 0.3) is 134 Å². The van der Waals surface area contributed by atoms with Crippen LogP contribution < -0.4 is 0 Å². The normalized spacial score (nSPS) is 34.1. The Labute approximate surface area is 690 Å². The van der Waals surface area contributed by atoms with Crippen LogP contribution in [0.5, 0.6) is 0 Å². The van der Waals surface area contributed by atoms with Crippen LogP contribution in [0.2, 0.25) is 0 Å². The molecule has 0 N–H and O–H groups in total. The molecule has 123 heavy (non-hydrogen) atoms. The van der Waals surface area contributed by atoms with Gasteiger partial charge in [-0.25, -0.2) is 5.01 Å². The van der Waals surface area contributed by atoms with E-state index in [9.17, 15) is 0 Å². The third kappa shape index (κ3) is 3.35. The van der Waals surface area contributed by atoms with Crippen LogP contribution in [-0.4, -0.2) is 150 Å². The van der Waals surface area contributed by atoms with Gasteiger partial charge in [0.25, 0.3) is 0 Å². The van der Waals surface area contributed by atoms with Gasteiger partial charge in [-0.1, -0.05) is 5.22 Å². The Bertz CT molecular complexity index is 7590. The third-order valence-corrected chi connectivity index (χ3v) is 39.6. The predicted octanol–water partition coefficient (Wildman–Crippen LogP) is 8.94. The Morgan fingerprint density at radius 3 is 0.496 bits per heavy atom. The van der Waals surface area contributed by atoms with E-state index in [1.54, 1.807) is 74.2 Å². The van der Waals surface area contributed by atoms with Gasteiger partial charge in [0.15, 0.2) is 32.6 Å². The van der Waals surface area contributed by atoms with Crippen molar-refractivity contribution in [2.75, 3.05) is 79.7 Å². The number of ether oxygens (including phenoxy) is 11. The maximum Gasteiger partial charge on any atom is 0.327 e. The van der Waals surface area contributed by atoms with Crippen LogP contribution in [0.1, 0.15) is 203 Å². The quantitative estimate of drug-likeness (QED) is 0.0347. The monoisotopic (exact) mass is 1630 g/mol. The Hall–Kier alpha value is -12.7. The van der Waals surface area contributed by atoms with Crippen LogP contribution in [0.3, 0.4) is 0 Å². The van der Waals surface area contributed by atoms with Crippen LogP contribution >= 0.6 is 0 Å². The molecule has 38 rings (SSSR count). The van der Waals surface area contributed by atoms with Gasteiger partial charge in [-0.05, 0) is 314 Å². The van der Waals surface area contributed by atoms with Crippen molar-refractivity contribution < 1.29 is 105 Å². The fraction of sp³-hybridized carbons (Fsp3) is 0.398. The van der Waals surface area contributed by atoms with Crippen molar-refractivity contribution in [3.05, 3.63) is 134 Å². The van der Waals surface area contributed by atoms with Gasteiger partial charge in [0, 0.05) is 22.3 Å². The van der Waals surface area contributed by atoms with E-state index in [0.29, 0.717) is 267 Å². The van der Waals surface area contributed by atoms with Crippen molar-refractivity contribution in [3.63, 3.8) is 0 Å². The lowest BCUT2D eigenvalue weighted by atomic mass is 9.55. The maximum absolute atomic E-state index is 18.3. The molecule has 8 atom stereocenters. The molecule has 29 aliphatic carbocycles. The summed E-state index contributed by atoms with van der Waals surface area (Å²) in [5.74, 6) is -9.70. The van der Waals surface area contributed by atoms with Crippen molar-refractivity contribution in [1.82, 2.24) is 5.01 Å². The van der Waals surface area contributed by atoms with Crippen molar-refractivity contribution in [1.29, 1.82) is 0 Å². The largest absolute Gasteiger partial charge is 0.468 e. The summed E-state index contributed by atoms with van der Waals surface area (Å²) in [7, 11) is 1.32. The molecule has 5 fully saturated rings. The minimum Gasteiger partial charge on any atom is -0.468 e. The van der Waals surface area contributed by atoms with E-state index in [-0.39, 0.29) is 66.1 Å². The molecule has 0 bridgehead atoms. The second kappa shape index (κ2) is 14.9. The smallest absolute Gasteiger partial charge is 0.327 e. The molecule has 0 radical (unpaired) electrons. The van der Waals surface area contributed by atoms with Gasteiger partial charge in [0.2, 0.25) is 0 Å². The lowest BCUT2D eigenvalue weighted by Crippen LogP contribution is -2.58.